The number of fused-ring (bicyclic) bond motifs is 12. The molecule has 3 heterocycles. The summed E-state index contributed by atoms with van der Waals surface area (Å²) >= 11 is 0. The van der Waals surface area contributed by atoms with Gasteiger partial charge in [-0.1, -0.05) is 207 Å². The SMILES string of the molecule is CC1c2ccccc2-c2ccc(N3c4cc(-c5ccccc5)ccc4B4c5cc6c(cc5N(c5ccc7c(c5)C(C)(C)CCC7(C)C)c5cc(N7c8ccc(C(C)(C)C)cc8C8(C)CCCCC78C)cc3c54)C(C)(C)CCC6(C)C)cc2C1C. The summed E-state index contributed by atoms with van der Waals surface area (Å²) < 4.78 is 0. The lowest BCUT2D eigenvalue weighted by Crippen LogP contribution is -2.62. The van der Waals surface area contributed by atoms with Crippen molar-refractivity contribution in [2.75, 3.05) is 14.7 Å². The van der Waals surface area contributed by atoms with Crippen molar-refractivity contribution in [1.29, 1.82) is 0 Å². The Labute approximate surface area is 504 Å². The Morgan fingerprint density at radius 1 is 0.405 bits per heavy atom. The molecule has 0 amide bonds. The zero-order valence-electron chi connectivity index (χ0n) is 53.2. The molecule has 15 rings (SSSR count). The molecule has 0 spiro atoms. The molecule has 0 radical (unpaired) electrons. The Kier molecular flexibility index (Phi) is 11.5. The van der Waals surface area contributed by atoms with Gasteiger partial charge in [-0.2, -0.15) is 0 Å². The highest BCUT2D eigenvalue weighted by atomic mass is 15.3. The van der Waals surface area contributed by atoms with Gasteiger partial charge in [0.1, 0.15) is 0 Å². The van der Waals surface area contributed by atoms with E-state index in [0.29, 0.717) is 11.8 Å². The first-order valence-electron chi connectivity index (χ1n) is 32.3. The second-order valence-corrected chi connectivity index (χ2v) is 31.4. The molecule has 0 aromatic heterocycles. The maximum atomic E-state index is 2.88. The van der Waals surface area contributed by atoms with Crippen molar-refractivity contribution < 1.29 is 0 Å². The quantitative estimate of drug-likeness (QED) is 0.163. The second kappa shape index (κ2) is 17.9. The zero-order chi connectivity index (χ0) is 58.6. The van der Waals surface area contributed by atoms with Gasteiger partial charge in [0.2, 0.25) is 0 Å². The molecule has 426 valence electrons. The molecule has 0 N–H and O–H groups in total. The summed E-state index contributed by atoms with van der Waals surface area (Å²) in [7, 11) is 0. The van der Waals surface area contributed by atoms with E-state index in [4.69, 9.17) is 0 Å². The highest BCUT2D eigenvalue weighted by molar-refractivity contribution is 7.00. The van der Waals surface area contributed by atoms with E-state index in [2.05, 4.69) is 270 Å². The number of hydrogen-bond donors (Lipinski definition) is 0. The van der Waals surface area contributed by atoms with Gasteiger partial charge in [0.15, 0.2) is 0 Å². The molecule has 7 aliphatic rings. The van der Waals surface area contributed by atoms with Crippen LogP contribution in [0.25, 0.3) is 22.3 Å². The lowest BCUT2D eigenvalue weighted by Gasteiger charge is -2.51. The lowest BCUT2D eigenvalue weighted by atomic mass is 9.33. The third-order valence-electron chi connectivity index (χ3n) is 23.7. The van der Waals surface area contributed by atoms with E-state index in [9.17, 15) is 0 Å². The fraction of sp³-hybridized carbons (Fsp3) is 0.400. The van der Waals surface area contributed by atoms with Crippen molar-refractivity contribution >= 4 is 68.6 Å². The van der Waals surface area contributed by atoms with E-state index in [-0.39, 0.29) is 44.7 Å². The van der Waals surface area contributed by atoms with Crippen LogP contribution in [0.4, 0.5) is 45.5 Å². The standard InChI is InChI=1S/C80H88BN3/c1-49-50(2)60-43-54(29-31-59(60)58-26-20-19-25-57(49)58)82-69-41-52(51-23-17-16-18-24-51)27-33-66(69)81-67-47-63-64(78(12,13)40-39-77(63,10)11)48-70(67)83(55-30-32-61-62(44-55)76(8,9)38-37-75(61,6)7)72-46-56(45-71(82)73(72)81)84-68-34-28-53(74(3,4)5)42-65(68)79(14)35-21-22-36-80(79,84)15/h16-20,23-34,41-50H,21-22,35-40H2,1-15H3. The Morgan fingerprint density at radius 2 is 0.976 bits per heavy atom. The smallest absolute Gasteiger partial charge is 0.252 e. The minimum Gasteiger partial charge on any atom is -0.334 e. The van der Waals surface area contributed by atoms with Gasteiger partial charge in [0, 0.05) is 50.9 Å². The molecule has 1 fully saturated rings. The largest absolute Gasteiger partial charge is 0.334 e. The van der Waals surface area contributed by atoms with Crippen LogP contribution in [-0.2, 0) is 32.5 Å². The van der Waals surface area contributed by atoms with E-state index in [1.807, 2.05) is 0 Å². The summed E-state index contributed by atoms with van der Waals surface area (Å²) in [6.45, 7) is 37.4. The maximum absolute atomic E-state index is 2.88. The topological polar surface area (TPSA) is 9.72 Å². The van der Waals surface area contributed by atoms with Crippen molar-refractivity contribution in [3.05, 3.63) is 196 Å². The number of hydrogen-bond acceptors (Lipinski definition) is 3. The van der Waals surface area contributed by atoms with E-state index in [1.165, 1.54) is 161 Å². The van der Waals surface area contributed by atoms with Crippen LogP contribution < -0.4 is 31.1 Å². The van der Waals surface area contributed by atoms with Crippen molar-refractivity contribution in [1.82, 2.24) is 0 Å². The van der Waals surface area contributed by atoms with Gasteiger partial charge in [0.05, 0.1) is 5.54 Å². The molecule has 4 unspecified atom stereocenters. The van der Waals surface area contributed by atoms with Crippen molar-refractivity contribution in [2.24, 2.45) is 0 Å². The number of rotatable bonds is 4. The van der Waals surface area contributed by atoms with Crippen molar-refractivity contribution in [3.8, 4) is 22.3 Å². The van der Waals surface area contributed by atoms with Gasteiger partial charge in [-0.25, -0.2) is 0 Å². The Morgan fingerprint density at radius 3 is 1.67 bits per heavy atom. The van der Waals surface area contributed by atoms with Crippen LogP contribution in [0.1, 0.15) is 212 Å². The fourth-order valence-corrected chi connectivity index (χ4v) is 17.8. The van der Waals surface area contributed by atoms with Crippen molar-refractivity contribution in [2.45, 2.75) is 205 Å². The first-order valence-corrected chi connectivity index (χ1v) is 32.3. The molecule has 1 saturated carbocycles. The Balaban J connectivity index is 1.09. The average Bonchev–Trinajstić information content (AvgIpc) is 1.19. The zero-order valence-corrected chi connectivity index (χ0v) is 53.2. The number of benzene rings is 8. The second-order valence-electron chi connectivity index (χ2n) is 31.4. The summed E-state index contributed by atoms with van der Waals surface area (Å²) in [5.41, 5.74) is 31.6. The van der Waals surface area contributed by atoms with Gasteiger partial charge in [-0.05, 0) is 222 Å². The molecule has 8 aromatic rings. The van der Waals surface area contributed by atoms with E-state index < -0.39 is 0 Å². The molecule has 0 bridgehead atoms. The summed E-state index contributed by atoms with van der Waals surface area (Å²) in [5, 5.41) is 0. The van der Waals surface area contributed by atoms with Crippen LogP contribution in [-0.4, -0.2) is 12.3 Å². The maximum Gasteiger partial charge on any atom is 0.252 e. The van der Waals surface area contributed by atoms with Crippen LogP contribution in [0, 0.1) is 0 Å². The average molecular weight is 1100 g/mol. The van der Waals surface area contributed by atoms with Crippen LogP contribution in [0.2, 0.25) is 0 Å². The van der Waals surface area contributed by atoms with Gasteiger partial charge in [-0.3, -0.25) is 0 Å². The minimum atomic E-state index is -0.166. The van der Waals surface area contributed by atoms with Crippen molar-refractivity contribution in [3.63, 3.8) is 0 Å². The van der Waals surface area contributed by atoms with Crippen LogP contribution >= 0.6 is 0 Å². The molecule has 4 aliphatic carbocycles. The first kappa shape index (κ1) is 53.9. The van der Waals surface area contributed by atoms with Crippen LogP contribution in [0.3, 0.4) is 0 Å². The predicted octanol–water partition coefficient (Wildman–Crippen LogP) is 20.1. The van der Waals surface area contributed by atoms with E-state index in [1.54, 1.807) is 0 Å². The normalized spacial score (nSPS) is 24.1. The molecular weight excluding hydrogens is 1010 g/mol. The highest BCUT2D eigenvalue weighted by Gasteiger charge is 2.59. The fourth-order valence-electron chi connectivity index (χ4n) is 17.8. The van der Waals surface area contributed by atoms with E-state index >= 15 is 0 Å². The third-order valence-corrected chi connectivity index (χ3v) is 23.7. The molecule has 4 heteroatoms. The highest BCUT2D eigenvalue weighted by Crippen LogP contribution is 2.63. The van der Waals surface area contributed by atoms with Crippen LogP contribution in [0.5, 0.6) is 0 Å². The molecule has 0 saturated heterocycles. The van der Waals surface area contributed by atoms with Gasteiger partial charge >= 0.3 is 0 Å². The molecule has 3 nitrogen and oxygen atoms in total. The molecule has 84 heavy (non-hydrogen) atoms. The summed E-state index contributed by atoms with van der Waals surface area (Å²) in [6.07, 6.45) is 9.46. The predicted molar refractivity (Wildman–Crippen MR) is 360 cm³/mol. The number of nitrogens with zero attached hydrogens (tertiary/aromatic N) is 3. The molecule has 4 atom stereocenters. The molecule has 8 aromatic carbocycles. The third kappa shape index (κ3) is 7.55. The lowest BCUT2D eigenvalue weighted by molar-refractivity contribution is 0.195. The van der Waals surface area contributed by atoms with Gasteiger partial charge < -0.3 is 14.7 Å². The molecule has 3 aliphatic heterocycles. The van der Waals surface area contributed by atoms with Gasteiger partial charge in [-0.15, -0.1) is 0 Å². The van der Waals surface area contributed by atoms with Crippen LogP contribution in [0.15, 0.2) is 152 Å². The first-order chi connectivity index (χ1) is 39.8. The number of anilines is 8. The minimum absolute atomic E-state index is 0.0133. The summed E-state index contributed by atoms with van der Waals surface area (Å²) in [6, 6.07) is 61.5. The van der Waals surface area contributed by atoms with Gasteiger partial charge in [0.25, 0.3) is 6.71 Å². The summed E-state index contributed by atoms with van der Waals surface area (Å²) in [5.74, 6) is 0.727. The van der Waals surface area contributed by atoms with E-state index in [0.717, 1.165) is 19.3 Å². The monoisotopic (exact) mass is 1100 g/mol. The molecular formula is C80H88BN3. The summed E-state index contributed by atoms with van der Waals surface area (Å²) in [4.78, 5) is 8.42. The Bertz CT molecular complexity index is 4070. The Hall–Kier alpha value is -6.78.